The summed E-state index contributed by atoms with van der Waals surface area (Å²) in [5, 5.41) is 6.19. The zero-order valence-corrected chi connectivity index (χ0v) is 16.3. The van der Waals surface area contributed by atoms with Crippen LogP contribution in [0.3, 0.4) is 0 Å². The number of halogens is 1. The molecule has 25 heavy (non-hydrogen) atoms. The van der Waals surface area contributed by atoms with Crippen molar-refractivity contribution in [3.05, 3.63) is 23.8 Å². The molecule has 0 atom stereocenters. The Morgan fingerprint density at radius 2 is 1.92 bits per heavy atom. The highest BCUT2D eigenvalue weighted by atomic mass is 35.5. The summed E-state index contributed by atoms with van der Waals surface area (Å²) in [6.07, 6.45) is 1.73. The zero-order chi connectivity index (χ0) is 17.7. The molecule has 1 saturated heterocycles. The minimum atomic E-state index is -3.76. The average molecular weight is 392 g/mol. The number of rotatable bonds is 6. The molecule has 1 aliphatic rings. The first-order valence-corrected chi connectivity index (χ1v) is 9.53. The first kappa shape index (κ1) is 21.7. The second kappa shape index (κ2) is 9.38. The lowest BCUT2D eigenvalue weighted by Gasteiger charge is -2.23. The van der Waals surface area contributed by atoms with E-state index in [0.29, 0.717) is 5.56 Å². The van der Waals surface area contributed by atoms with Gasteiger partial charge in [0.1, 0.15) is 10.6 Å². The van der Waals surface area contributed by atoms with Crippen molar-refractivity contribution >= 4 is 28.3 Å². The molecule has 3 N–H and O–H groups in total. The third-order valence-corrected chi connectivity index (χ3v) is 5.46. The fourth-order valence-corrected chi connectivity index (χ4v) is 4.08. The van der Waals surface area contributed by atoms with Crippen LogP contribution in [0.15, 0.2) is 23.1 Å². The molecule has 0 aliphatic carbocycles. The summed E-state index contributed by atoms with van der Waals surface area (Å²) in [7, 11) is -2.36. The number of methoxy groups -OCH3 is 1. The maximum Gasteiger partial charge on any atom is 0.251 e. The van der Waals surface area contributed by atoms with E-state index in [1.807, 2.05) is 0 Å². The molecule has 0 unspecified atom stereocenters. The lowest BCUT2D eigenvalue weighted by atomic mass is 10.1. The van der Waals surface area contributed by atoms with E-state index in [0.717, 1.165) is 25.9 Å². The molecular weight excluding hydrogens is 366 g/mol. The Labute approximate surface area is 155 Å². The van der Waals surface area contributed by atoms with Gasteiger partial charge in [0.15, 0.2) is 0 Å². The molecule has 142 valence electrons. The van der Waals surface area contributed by atoms with Gasteiger partial charge in [-0.2, -0.15) is 0 Å². The zero-order valence-electron chi connectivity index (χ0n) is 14.7. The number of sulfonamides is 1. The number of carbonyl (C=O) groups is 1. The van der Waals surface area contributed by atoms with Gasteiger partial charge in [-0.3, -0.25) is 4.79 Å². The molecular formula is C16H26ClN3O4S. The van der Waals surface area contributed by atoms with Crippen LogP contribution in [-0.4, -0.2) is 46.6 Å². The molecule has 2 rings (SSSR count). The third-order valence-electron chi connectivity index (χ3n) is 3.78. The first-order valence-electron chi connectivity index (χ1n) is 8.05. The van der Waals surface area contributed by atoms with Gasteiger partial charge in [-0.05, 0) is 58.0 Å². The van der Waals surface area contributed by atoms with Gasteiger partial charge < -0.3 is 15.4 Å². The van der Waals surface area contributed by atoms with Crippen molar-refractivity contribution in [3.63, 3.8) is 0 Å². The van der Waals surface area contributed by atoms with Crippen LogP contribution in [0.5, 0.6) is 5.75 Å². The summed E-state index contributed by atoms with van der Waals surface area (Å²) in [6.45, 7) is 5.20. The number of ether oxygens (including phenoxy) is 1. The van der Waals surface area contributed by atoms with Gasteiger partial charge in [-0.25, -0.2) is 13.1 Å². The largest absolute Gasteiger partial charge is 0.495 e. The van der Waals surface area contributed by atoms with Crippen LogP contribution in [-0.2, 0) is 10.0 Å². The van der Waals surface area contributed by atoms with Gasteiger partial charge >= 0.3 is 0 Å². The second-order valence-corrected chi connectivity index (χ2v) is 7.82. The monoisotopic (exact) mass is 391 g/mol. The molecule has 1 aromatic carbocycles. The molecule has 7 nitrogen and oxygen atoms in total. The van der Waals surface area contributed by atoms with Crippen molar-refractivity contribution in [1.82, 2.24) is 15.4 Å². The normalized spacial score (nSPS) is 15.5. The summed E-state index contributed by atoms with van der Waals surface area (Å²) in [4.78, 5) is 12.4. The molecule has 0 spiro atoms. The van der Waals surface area contributed by atoms with Crippen molar-refractivity contribution in [2.45, 2.75) is 43.7 Å². The van der Waals surface area contributed by atoms with Crippen molar-refractivity contribution in [1.29, 1.82) is 0 Å². The van der Waals surface area contributed by atoms with Crippen LogP contribution in [0.25, 0.3) is 0 Å². The van der Waals surface area contributed by atoms with Crippen LogP contribution in [0.4, 0.5) is 0 Å². The van der Waals surface area contributed by atoms with Gasteiger partial charge in [-0.15, -0.1) is 12.4 Å². The number of nitrogens with one attached hydrogen (secondary N) is 3. The number of hydrogen-bond donors (Lipinski definition) is 3. The van der Waals surface area contributed by atoms with Crippen molar-refractivity contribution in [2.75, 3.05) is 20.2 Å². The predicted octanol–water partition coefficient (Wildman–Crippen LogP) is 1.29. The number of piperidine rings is 1. The molecule has 0 radical (unpaired) electrons. The van der Waals surface area contributed by atoms with Crippen molar-refractivity contribution in [3.8, 4) is 5.75 Å². The fourth-order valence-electron chi connectivity index (χ4n) is 2.64. The first-order chi connectivity index (χ1) is 11.3. The molecule has 1 amide bonds. The van der Waals surface area contributed by atoms with Crippen molar-refractivity contribution in [2.24, 2.45) is 0 Å². The SMILES string of the molecule is COc1ccc(C(=O)NC2CCNCC2)cc1S(=O)(=O)NC(C)C.Cl. The summed E-state index contributed by atoms with van der Waals surface area (Å²) in [5.74, 6) is -0.0629. The smallest absolute Gasteiger partial charge is 0.251 e. The van der Waals surface area contributed by atoms with E-state index in [4.69, 9.17) is 4.74 Å². The van der Waals surface area contributed by atoms with Gasteiger partial charge in [0.25, 0.3) is 5.91 Å². The molecule has 9 heteroatoms. The summed E-state index contributed by atoms with van der Waals surface area (Å²) in [6, 6.07) is 4.29. The Kier molecular flexibility index (Phi) is 8.14. The molecule has 1 aliphatic heterocycles. The van der Waals surface area contributed by atoms with Gasteiger partial charge in [0, 0.05) is 17.6 Å². The highest BCUT2D eigenvalue weighted by molar-refractivity contribution is 7.89. The van der Waals surface area contributed by atoms with E-state index in [-0.39, 0.29) is 41.0 Å². The molecule has 1 aromatic rings. The molecule has 0 aromatic heterocycles. The summed E-state index contributed by atoms with van der Waals surface area (Å²) >= 11 is 0. The Bertz CT molecular complexity index is 689. The van der Waals surface area contributed by atoms with E-state index < -0.39 is 10.0 Å². The van der Waals surface area contributed by atoms with E-state index in [1.54, 1.807) is 19.9 Å². The second-order valence-electron chi connectivity index (χ2n) is 6.14. The Morgan fingerprint density at radius 1 is 1.28 bits per heavy atom. The fraction of sp³-hybridized carbons (Fsp3) is 0.562. The maximum absolute atomic E-state index is 12.5. The number of amides is 1. The number of hydrogen-bond acceptors (Lipinski definition) is 5. The highest BCUT2D eigenvalue weighted by Gasteiger charge is 2.23. The summed E-state index contributed by atoms with van der Waals surface area (Å²) < 4.78 is 32.6. The maximum atomic E-state index is 12.5. The lowest BCUT2D eigenvalue weighted by Crippen LogP contribution is -2.42. The lowest BCUT2D eigenvalue weighted by molar-refractivity contribution is 0.0929. The van der Waals surface area contributed by atoms with Crippen molar-refractivity contribution < 1.29 is 17.9 Å². The number of benzene rings is 1. The van der Waals surface area contributed by atoms with Crippen LogP contribution >= 0.6 is 12.4 Å². The third kappa shape index (κ3) is 5.85. The molecule has 0 saturated carbocycles. The van der Waals surface area contributed by atoms with E-state index >= 15 is 0 Å². The van der Waals surface area contributed by atoms with Crippen LogP contribution in [0.1, 0.15) is 37.0 Å². The van der Waals surface area contributed by atoms with Crippen LogP contribution < -0.4 is 20.1 Å². The molecule has 0 bridgehead atoms. The van der Waals surface area contributed by atoms with Gasteiger partial charge in [0.05, 0.1) is 7.11 Å². The minimum Gasteiger partial charge on any atom is -0.495 e. The predicted molar refractivity (Wildman–Crippen MR) is 99.1 cm³/mol. The minimum absolute atomic E-state index is 0. The Balaban J connectivity index is 0.00000312. The summed E-state index contributed by atoms with van der Waals surface area (Å²) in [5.41, 5.74) is 0.304. The van der Waals surface area contributed by atoms with Crippen LogP contribution in [0.2, 0.25) is 0 Å². The molecule has 1 fully saturated rings. The van der Waals surface area contributed by atoms with E-state index in [9.17, 15) is 13.2 Å². The Hall–Kier alpha value is -1.35. The quantitative estimate of drug-likeness (QED) is 0.678. The average Bonchev–Trinajstić information content (AvgIpc) is 2.54. The van der Waals surface area contributed by atoms with E-state index in [1.165, 1.54) is 19.2 Å². The van der Waals surface area contributed by atoms with Crippen LogP contribution in [0, 0.1) is 0 Å². The standard InChI is InChI=1S/C16H25N3O4S.ClH/c1-11(2)19-24(21,22)15-10-12(4-5-14(15)23-3)16(20)18-13-6-8-17-9-7-13;/h4-5,10-11,13,17,19H,6-9H2,1-3H3,(H,18,20);1H. The van der Waals surface area contributed by atoms with Gasteiger partial charge in [0.2, 0.25) is 10.0 Å². The molecule has 1 heterocycles. The van der Waals surface area contributed by atoms with Gasteiger partial charge in [-0.1, -0.05) is 0 Å². The topological polar surface area (TPSA) is 96.5 Å². The van der Waals surface area contributed by atoms with E-state index in [2.05, 4.69) is 15.4 Å². The Morgan fingerprint density at radius 3 is 2.48 bits per heavy atom. The number of carbonyl (C=O) groups excluding carboxylic acids is 1. The highest BCUT2D eigenvalue weighted by Crippen LogP contribution is 2.25.